The number of amides is 4. The summed E-state index contributed by atoms with van der Waals surface area (Å²) in [6, 6.07) is 18.4. The molecule has 15 nitrogen and oxygen atoms in total. The van der Waals surface area contributed by atoms with Crippen molar-refractivity contribution in [1.82, 2.24) is 25.8 Å². The van der Waals surface area contributed by atoms with E-state index in [0.29, 0.717) is 41.2 Å². The number of aliphatic hydroxyl groups is 1. The van der Waals surface area contributed by atoms with Gasteiger partial charge in [0.05, 0.1) is 43.4 Å². The van der Waals surface area contributed by atoms with Crippen molar-refractivity contribution in [3.8, 4) is 22.3 Å². The number of carbonyl (C=O) groups is 4. The Bertz CT molecular complexity index is 2640. The lowest BCUT2D eigenvalue weighted by atomic mass is 9.49. The van der Waals surface area contributed by atoms with Crippen molar-refractivity contribution in [3.05, 3.63) is 99.6 Å². The van der Waals surface area contributed by atoms with Gasteiger partial charge in [-0.25, -0.2) is 13.4 Å². The first kappa shape index (κ1) is 53.0. The van der Waals surface area contributed by atoms with Gasteiger partial charge in [0, 0.05) is 54.6 Å². The minimum atomic E-state index is -3.65. The van der Waals surface area contributed by atoms with Gasteiger partial charge in [0.25, 0.3) is 5.91 Å². The van der Waals surface area contributed by atoms with Gasteiger partial charge >= 0.3 is 0 Å². The van der Waals surface area contributed by atoms with E-state index in [-0.39, 0.29) is 61.4 Å². The summed E-state index contributed by atoms with van der Waals surface area (Å²) in [4.78, 5) is 60.7. The second kappa shape index (κ2) is 21.7. The third kappa shape index (κ3) is 12.5. The van der Waals surface area contributed by atoms with Gasteiger partial charge < -0.3 is 35.4 Å². The Hall–Kier alpha value is -5.38. The maximum absolute atomic E-state index is 14.0. The van der Waals surface area contributed by atoms with Gasteiger partial charge in [-0.05, 0) is 72.7 Å². The number of thiazole rings is 1. The largest absolute Gasteiger partial charge is 0.489 e. The number of aliphatic hydroxyl groups excluding tert-OH is 1. The number of hydrogen-bond donors (Lipinski definition) is 4. The highest BCUT2D eigenvalue weighted by molar-refractivity contribution is 7.91. The second-order valence-corrected chi connectivity index (χ2v) is 23.6. The smallest absolute Gasteiger partial charge is 0.251 e. The molecule has 2 heterocycles. The Kier molecular flexibility index (Phi) is 16.7. The summed E-state index contributed by atoms with van der Waals surface area (Å²) in [5.41, 5.74) is 3.64. The molecule has 2 aliphatic rings. The number of carbonyl (C=O) groups excluding carboxylic acids is 4. The van der Waals surface area contributed by atoms with Crippen molar-refractivity contribution in [2.75, 3.05) is 25.5 Å². The topological polar surface area (TPSA) is 217 Å². The molecular formula is C51H63ClN6O9S2. The number of β-amino-alcohol motifs (C(OH)–C–C–N with tert-alkyl or cyclic N) is 1. The number of unbranched alkanes of at least 4 members (excludes halogenated alkanes) is 2. The fraction of sp³-hybridized carbons (Fsp3) is 0.490. The van der Waals surface area contributed by atoms with Crippen molar-refractivity contribution < 1.29 is 42.2 Å². The predicted molar refractivity (Wildman–Crippen MR) is 264 cm³/mol. The number of nitrogens with one attached hydrogen (secondary N) is 3. The Balaban J connectivity index is 0.910. The molecule has 4 N–H and O–H groups in total. The molecule has 69 heavy (non-hydrogen) atoms. The number of aromatic nitrogens is 1. The van der Waals surface area contributed by atoms with Crippen LogP contribution in [-0.4, -0.2) is 103 Å². The van der Waals surface area contributed by atoms with E-state index in [9.17, 15) is 38.0 Å². The molecule has 18 heteroatoms. The third-order valence-corrected chi connectivity index (χ3v) is 16.2. The zero-order valence-electron chi connectivity index (χ0n) is 40.4. The number of ether oxygens (including phenoxy) is 2. The first-order valence-electron chi connectivity index (χ1n) is 23.1. The van der Waals surface area contributed by atoms with Gasteiger partial charge in [-0.1, -0.05) is 90.8 Å². The Labute approximate surface area is 414 Å². The molecule has 3 atom stereocenters. The second-order valence-electron chi connectivity index (χ2n) is 20.2. The molecule has 0 bridgehead atoms. The molecule has 1 aliphatic heterocycles. The molecule has 2 fully saturated rings. The Morgan fingerprint density at radius 1 is 1.00 bits per heavy atom. The van der Waals surface area contributed by atoms with Crippen LogP contribution in [0.4, 0.5) is 0 Å². The summed E-state index contributed by atoms with van der Waals surface area (Å²) in [6.45, 7) is 15.4. The van der Waals surface area contributed by atoms with Gasteiger partial charge in [-0.15, -0.1) is 11.3 Å². The van der Waals surface area contributed by atoms with Crippen LogP contribution in [0.3, 0.4) is 0 Å². The van der Waals surface area contributed by atoms with Crippen molar-refractivity contribution in [3.63, 3.8) is 0 Å². The molecule has 1 saturated carbocycles. The van der Waals surface area contributed by atoms with Crippen LogP contribution >= 0.6 is 22.9 Å². The summed E-state index contributed by atoms with van der Waals surface area (Å²) >= 11 is 7.78. The number of aryl methyl sites for hydroxylation is 1. The fourth-order valence-corrected chi connectivity index (χ4v) is 12.0. The molecule has 1 aliphatic carbocycles. The zero-order valence-corrected chi connectivity index (χ0v) is 42.8. The van der Waals surface area contributed by atoms with E-state index in [1.165, 1.54) is 29.2 Å². The van der Waals surface area contributed by atoms with E-state index in [1.807, 2.05) is 65.0 Å². The van der Waals surface area contributed by atoms with Crippen LogP contribution in [0.15, 0.2) is 77.1 Å². The SMILES string of the molecule is Cc1ncsc1-c1ccc(CNC(=O)[C@@H]2C[C@@H](O)CN2C(=O)C(NC(=O)COCCCCCS(=O)(=O)c2ccc(C(=O)NC3C(C)(C)C(Oc4ccc(C#N)c(Cl)c4)C3(C)C)cc2)C(C)(C)C)cc1. The summed E-state index contributed by atoms with van der Waals surface area (Å²) in [5.74, 6) is -1.33. The van der Waals surface area contributed by atoms with Crippen LogP contribution in [0.25, 0.3) is 10.4 Å². The van der Waals surface area contributed by atoms with Crippen LogP contribution in [0.5, 0.6) is 5.75 Å². The highest BCUT2D eigenvalue weighted by atomic mass is 35.5. The molecule has 6 rings (SSSR count). The number of likely N-dealkylation sites (tertiary alicyclic amines) is 1. The molecule has 1 unspecified atom stereocenters. The van der Waals surface area contributed by atoms with E-state index < -0.39 is 62.0 Å². The molecule has 1 saturated heterocycles. The van der Waals surface area contributed by atoms with Crippen molar-refractivity contribution in [2.45, 2.75) is 123 Å². The molecule has 3 aromatic carbocycles. The van der Waals surface area contributed by atoms with Gasteiger partial charge in [0.1, 0.15) is 36.6 Å². The summed E-state index contributed by atoms with van der Waals surface area (Å²) in [7, 11) is -3.65. The molecule has 0 spiro atoms. The Morgan fingerprint density at radius 3 is 2.29 bits per heavy atom. The quantitative estimate of drug-likeness (QED) is 0.0700. The van der Waals surface area contributed by atoms with Crippen LogP contribution in [0.2, 0.25) is 5.02 Å². The molecule has 1 aromatic heterocycles. The van der Waals surface area contributed by atoms with E-state index in [2.05, 4.69) is 20.9 Å². The lowest BCUT2D eigenvalue weighted by Gasteiger charge is -2.63. The fourth-order valence-electron chi connectivity index (χ4n) is 9.56. The third-order valence-electron chi connectivity index (χ3n) is 13.1. The van der Waals surface area contributed by atoms with Crippen molar-refractivity contribution in [1.29, 1.82) is 5.26 Å². The normalized spacial score (nSPS) is 20.0. The minimum Gasteiger partial charge on any atom is -0.489 e. The molecule has 370 valence electrons. The molecule has 4 aromatic rings. The molecule has 4 amide bonds. The summed E-state index contributed by atoms with van der Waals surface area (Å²) < 4.78 is 38.3. The van der Waals surface area contributed by atoms with Crippen LogP contribution in [0, 0.1) is 34.5 Å². The first-order chi connectivity index (χ1) is 32.4. The van der Waals surface area contributed by atoms with Crippen LogP contribution in [0.1, 0.15) is 101 Å². The minimum absolute atomic E-state index is 0.0487. The number of benzene rings is 3. The lowest BCUT2D eigenvalue weighted by molar-refractivity contribution is -0.164. The zero-order chi connectivity index (χ0) is 50.5. The van der Waals surface area contributed by atoms with Crippen molar-refractivity contribution in [2.24, 2.45) is 16.2 Å². The molecule has 0 radical (unpaired) electrons. The van der Waals surface area contributed by atoms with Crippen molar-refractivity contribution >= 4 is 56.4 Å². The average Bonchev–Trinajstić information content (AvgIpc) is 3.92. The summed E-state index contributed by atoms with van der Waals surface area (Å²) in [5, 5.41) is 28.9. The Morgan fingerprint density at radius 2 is 1.68 bits per heavy atom. The number of nitriles is 1. The first-order valence-corrected chi connectivity index (χ1v) is 26.0. The number of hydrogen-bond acceptors (Lipinski definition) is 12. The maximum atomic E-state index is 14.0. The standard InChI is InChI=1S/C51H63ClN6O9S2/c1-31-42(68-30-55-31)33-14-12-32(13-15-33)27-54-45(62)40-24-36(59)28-58(40)46(63)43(49(2,3)4)56-41(60)29-66-22-10-9-11-23-69(64,65)38-20-17-34(18-21-38)44(61)57-47-50(5,6)48(51(47,7)8)67-37-19-16-35(26-53)39(52)25-37/h12-21,25,30,36,40,43,47-48,59H,9-11,22-24,27-29H2,1-8H3,(H,54,62)(H,56,60)(H,57,61)/t36-,40+,43?,47?,48?/m1/s1. The highest BCUT2D eigenvalue weighted by Gasteiger charge is 2.64. The number of sulfone groups is 1. The number of nitrogens with zero attached hydrogens (tertiary/aromatic N) is 3. The van der Waals surface area contributed by atoms with Gasteiger partial charge in [-0.3, -0.25) is 19.2 Å². The summed E-state index contributed by atoms with van der Waals surface area (Å²) in [6.07, 6.45) is 0.233. The van der Waals surface area contributed by atoms with E-state index >= 15 is 0 Å². The highest BCUT2D eigenvalue weighted by Crippen LogP contribution is 2.55. The maximum Gasteiger partial charge on any atom is 0.251 e. The van der Waals surface area contributed by atoms with Crippen LogP contribution < -0.4 is 20.7 Å². The van der Waals surface area contributed by atoms with E-state index in [1.54, 1.807) is 55.8 Å². The van der Waals surface area contributed by atoms with Gasteiger partial charge in [0.2, 0.25) is 17.7 Å². The van der Waals surface area contributed by atoms with Crippen LogP contribution in [-0.2, 0) is 35.5 Å². The van der Waals surface area contributed by atoms with Gasteiger partial charge in [0.15, 0.2) is 9.84 Å². The number of rotatable bonds is 19. The monoisotopic (exact) mass is 1000 g/mol. The van der Waals surface area contributed by atoms with E-state index in [4.69, 9.17) is 21.1 Å². The predicted octanol–water partition coefficient (Wildman–Crippen LogP) is 7.03. The number of halogens is 1. The molecular weight excluding hydrogens is 940 g/mol. The van der Waals surface area contributed by atoms with Gasteiger partial charge in [-0.2, -0.15) is 5.26 Å². The average molecular weight is 1000 g/mol. The van der Waals surface area contributed by atoms with E-state index in [0.717, 1.165) is 21.7 Å². The lowest BCUT2D eigenvalue weighted by Crippen LogP contribution is -2.74.